The molecule has 1 aliphatic rings. The van der Waals surface area contributed by atoms with E-state index in [0.29, 0.717) is 13.0 Å². The first-order valence-electron chi connectivity index (χ1n) is 15.1. The molecule has 2 N–H and O–H groups in total. The fourth-order valence-electron chi connectivity index (χ4n) is 6.09. The molecule has 3 aromatic carbocycles. The summed E-state index contributed by atoms with van der Waals surface area (Å²) in [7, 11) is 0. The molecule has 5 aromatic rings. The van der Waals surface area contributed by atoms with Crippen molar-refractivity contribution >= 4 is 28.6 Å². The minimum absolute atomic E-state index is 0.0110. The Morgan fingerprint density at radius 1 is 0.955 bits per heavy atom. The monoisotopic (exact) mass is 588 g/mol. The number of hydrogen-bond donors (Lipinski definition) is 2. The number of ketones is 1. The Morgan fingerprint density at radius 2 is 1.70 bits per heavy atom. The van der Waals surface area contributed by atoms with Gasteiger partial charge in [-0.3, -0.25) is 14.4 Å². The largest absolute Gasteiger partial charge is 0.463 e. The van der Waals surface area contributed by atoms with E-state index in [4.69, 9.17) is 4.74 Å². The normalized spacial score (nSPS) is 15.5. The third-order valence-corrected chi connectivity index (χ3v) is 8.21. The van der Waals surface area contributed by atoms with Crippen LogP contribution in [0.15, 0.2) is 91.4 Å². The number of Topliss-reactive ketones (excluding diaryl/α,β-unsaturated/α-hetero) is 1. The number of rotatable bonds is 10. The maximum atomic E-state index is 13.9. The lowest BCUT2D eigenvalue weighted by Crippen LogP contribution is -2.44. The van der Waals surface area contributed by atoms with E-state index in [1.165, 1.54) is 0 Å². The molecule has 0 aliphatic carbocycles. The summed E-state index contributed by atoms with van der Waals surface area (Å²) in [4.78, 5) is 52.5. The van der Waals surface area contributed by atoms with Gasteiger partial charge in [0.2, 0.25) is 5.91 Å². The highest BCUT2D eigenvalue weighted by molar-refractivity contribution is 5.95. The van der Waals surface area contributed by atoms with Gasteiger partial charge in [0, 0.05) is 29.6 Å². The summed E-state index contributed by atoms with van der Waals surface area (Å²) >= 11 is 0. The van der Waals surface area contributed by atoms with Crippen LogP contribution in [0.5, 0.6) is 0 Å². The van der Waals surface area contributed by atoms with Crippen LogP contribution in [0, 0.1) is 0 Å². The lowest BCUT2D eigenvalue weighted by atomic mass is 9.93. The van der Waals surface area contributed by atoms with E-state index in [-0.39, 0.29) is 30.6 Å². The van der Waals surface area contributed by atoms with E-state index in [2.05, 4.69) is 45.3 Å². The maximum absolute atomic E-state index is 13.9. The number of H-pyrrole nitrogens is 2. The highest BCUT2D eigenvalue weighted by Crippen LogP contribution is 2.30. The molecule has 0 radical (unpaired) electrons. The van der Waals surface area contributed by atoms with Gasteiger partial charge in [0.25, 0.3) is 0 Å². The first kappa shape index (κ1) is 29.1. The zero-order valence-corrected chi connectivity index (χ0v) is 25.0. The van der Waals surface area contributed by atoms with Crippen LogP contribution >= 0.6 is 0 Å². The van der Waals surface area contributed by atoms with Gasteiger partial charge in [-0.25, -0.2) is 4.98 Å². The molecule has 224 valence electrons. The van der Waals surface area contributed by atoms with Crippen molar-refractivity contribution in [1.29, 1.82) is 0 Å². The Hall–Kier alpha value is -4.98. The van der Waals surface area contributed by atoms with E-state index in [1.807, 2.05) is 48.5 Å². The number of aromatic amines is 2. The number of hydrogen-bond acceptors (Lipinski definition) is 5. The Bertz CT molecular complexity index is 1760. The average molecular weight is 589 g/mol. The first-order valence-corrected chi connectivity index (χ1v) is 15.1. The molecular formula is C36H36N4O4. The number of nitrogens with zero attached hydrogens (tertiary/aromatic N) is 2. The predicted molar refractivity (Wildman–Crippen MR) is 170 cm³/mol. The lowest BCUT2D eigenvalue weighted by Gasteiger charge is -2.28. The van der Waals surface area contributed by atoms with Crippen molar-refractivity contribution in [3.8, 4) is 22.5 Å². The third kappa shape index (κ3) is 6.34. The smallest absolute Gasteiger partial charge is 0.307 e. The quantitative estimate of drug-likeness (QED) is 0.182. The lowest BCUT2D eigenvalue weighted by molar-refractivity contribution is -0.150. The second kappa shape index (κ2) is 12.7. The third-order valence-electron chi connectivity index (χ3n) is 8.21. The SMILES string of the molecule is CC(C)OC(=O)C[C@@H](C(=O)N1CCC[C@H]1C(=O)Cc1ccc2[nH]c(-c3ccc(-c4cnc[nH]4)cc3)cc2c1)c1ccccc1. The van der Waals surface area contributed by atoms with Gasteiger partial charge < -0.3 is 19.6 Å². The number of carbonyl (C=O) groups excluding carboxylic acids is 3. The second-order valence-electron chi connectivity index (χ2n) is 11.7. The molecule has 1 amide bonds. The van der Waals surface area contributed by atoms with E-state index in [1.54, 1.807) is 31.3 Å². The van der Waals surface area contributed by atoms with E-state index in [0.717, 1.165) is 51.0 Å². The summed E-state index contributed by atoms with van der Waals surface area (Å²) in [5.41, 5.74) is 6.73. The number of fused-ring (bicyclic) bond motifs is 1. The molecule has 0 saturated carbocycles. The molecule has 0 spiro atoms. The zero-order valence-electron chi connectivity index (χ0n) is 25.0. The maximum Gasteiger partial charge on any atom is 0.307 e. The van der Waals surface area contributed by atoms with Gasteiger partial charge in [0.05, 0.1) is 42.7 Å². The average Bonchev–Trinajstić information content (AvgIpc) is 3.81. The predicted octanol–water partition coefficient (Wildman–Crippen LogP) is 6.45. The highest BCUT2D eigenvalue weighted by Gasteiger charge is 2.38. The van der Waals surface area contributed by atoms with Crippen molar-refractivity contribution in [2.75, 3.05) is 6.54 Å². The number of nitrogens with one attached hydrogen (secondary N) is 2. The van der Waals surface area contributed by atoms with E-state index in [9.17, 15) is 14.4 Å². The van der Waals surface area contributed by atoms with Gasteiger partial charge in [-0.1, -0.05) is 60.7 Å². The molecule has 0 bridgehead atoms. The molecule has 1 fully saturated rings. The summed E-state index contributed by atoms with van der Waals surface area (Å²) in [6, 6.07) is 25.2. The number of amides is 1. The van der Waals surface area contributed by atoms with Crippen LogP contribution in [0.3, 0.4) is 0 Å². The first-order chi connectivity index (χ1) is 21.4. The van der Waals surface area contributed by atoms with Crippen molar-refractivity contribution in [1.82, 2.24) is 19.9 Å². The molecule has 1 aliphatic heterocycles. The highest BCUT2D eigenvalue weighted by atomic mass is 16.5. The number of esters is 1. The van der Waals surface area contributed by atoms with Crippen LogP contribution in [0.25, 0.3) is 33.4 Å². The Labute approximate surface area is 256 Å². The van der Waals surface area contributed by atoms with Crippen LogP contribution in [-0.4, -0.2) is 56.2 Å². The van der Waals surface area contributed by atoms with Gasteiger partial charge >= 0.3 is 5.97 Å². The Kier molecular flexibility index (Phi) is 8.41. The fourth-order valence-corrected chi connectivity index (χ4v) is 6.09. The molecule has 44 heavy (non-hydrogen) atoms. The van der Waals surface area contributed by atoms with Crippen LogP contribution in [0.4, 0.5) is 0 Å². The minimum Gasteiger partial charge on any atom is -0.463 e. The standard InChI is InChI=1S/C36H36N4O4/c1-23(2)44-35(42)20-29(25-7-4-3-5-8-25)36(43)40-16-6-9-33(40)34(41)18-24-10-15-30-28(17-24)19-31(39-30)26-11-13-27(14-12-26)32-21-37-22-38-32/h3-5,7-8,10-15,17,19,21-23,29,33,39H,6,9,16,18,20H2,1-2H3,(H,37,38)/t29-,33+/m1/s1. The van der Waals surface area contributed by atoms with Crippen molar-refractivity contribution in [3.63, 3.8) is 0 Å². The van der Waals surface area contributed by atoms with Crippen LogP contribution in [0.2, 0.25) is 0 Å². The Morgan fingerprint density at radius 3 is 2.41 bits per heavy atom. The molecule has 0 unspecified atom stereocenters. The number of imidazole rings is 1. The summed E-state index contributed by atoms with van der Waals surface area (Å²) in [6.07, 6.45) is 4.74. The summed E-state index contributed by atoms with van der Waals surface area (Å²) in [5, 5.41) is 1.02. The number of carbonyl (C=O) groups is 3. The van der Waals surface area contributed by atoms with Gasteiger partial charge in [0.1, 0.15) is 0 Å². The van der Waals surface area contributed by atoms with Crippen LogP contribution in [-0.2, 0) is 25.5 Å². The molecule has 8 heteroatoms. The Balaban J connectivity index is 1.17. The van der Waals surface area contributed by atoms with Gasteiger partial charge in [-0.2, -0.15) is 0 Å². The number of likely N-dealkylation sites (tertiary alicyclic amines) is 1. The topological polar surface area (TPSA) is 108 Å². The van der Waals surface area contributed by atoms with Crippen molar-refractivity contribution in [2.24, 2.45) is 0 Å². The van der Waals surface area contributed by atoms with Gasteiger partial charge in [-0.05, 0) is 67.1 Å². The second-order valence-corrected chi connectivity index (χ2v) is 11.7. The zero-order chi connectivity index (χ0) is 30.6. The van der Waals surface area contributed by atoms with E-state index < -0.39 is 17.9 Å². The number of benzene rings is 3. The summed E-state index contributed by atoms with van der Waals surface area (Å²) in [5.74, 6) is -1.30. The van der Waals surface area contributed by atoms with E-state index >= 15 is 0 Å². The molecular weight excluding hydrogens is 552 g/mol. The number of aromatic nitrogens is 3. The van der Waals surface area contributed by atoms with Crippen molar-refractivity contribution < 1.29 is 19.1 Å². The number of ether oxygens (including phenoxy) is 1. The van der Waals surface area contributed by atoms with Crippen LogP contribution < -0.4 is 0 Å². The molecule has 3 heterocycles. The molecule has 1 saturated heterocycles. The fraction of sp³-hybridized carbons (Fsp3) is 0.278. The summed E-state index contributed by atoms with van der Waals surface area (Å²) in [6.45, 7) is 4.08. The molecule has 2 atom stereocenters. The minimum atomic E-state index is -0.695. The summed E-state index contributed by atoms with van der Waals surface area (Å²) < 4.78 is 5.37. The molecule has 2 aromatic heterocycles. The van der Waals surface area contributed by atoms with Gasteiger partial charge in [0.15, 0.2) is 5.78 Å². The molecule has 6 rings (SSSR count). The van der Waals surface area contributed by atoms with Crippen molar-refractivity contribution in [3.05, 3.63) is 103 Å². The van der Waals surface area contributed by atoms with Gasteiger partial charge in [-0.15, -0.1) is 0 Å². The van der Waals surface area contributed by atoms with Crippen LogP contribution in [0.1, 0.15) is 50.2 Å². The van der Waals surface area contributed by atoms with Crippen molar-refractivity contribution in [2.45, 2.75) is 57.6 Å². The molecule has 8 nitrogen and oxygen atoms in total.